The van der Waals surface area contributed by atoms with Gasteiger partial charge in [0.05, 0.1) is 19.5 Å². The number of nitrogen functional groups attached to an aromatic ring is 1. The van der Waals surface area contributed by atoms with Crippen molar-refractivity contribution in [2.75, 3.05) is 30.9 Å². The van der Waals surface area contributed by atoms with Gasteiger partial charge in [0.25, 0.3) is 0 Å². The van der Waals surface area contributed by atoms with Crippen LogP contribution in [-0.2, 0) is 9.47 Å². The van der Waals surface area contributed by atoms with Crippen molar-refractivity contribution in [3.05, 3.63) is 6.33 Å². The predicted octanol–water partition coefficient (Wildman–Crippen LogP) is 1.15. The normalized spacial score (nSPS) is 26.3. The van der Waals surface area contributed by atoms with Crippen molar-refractivity contribution in [3.63, 3.8) is 0 Å². The molecule has 4 N–H and O–H groups in total. The number of imidazole rings is 1. The third kappa shape index (κ3) is 3.89. The van der Waals surface area contributed by atoms with Gasteiger partial charge in [-0.3, -0.25) is 9.47 Å². The minimum Gasteiger partial charge on any atom is -0.449 e. The lowest BCUT2D eigenvalue weighted by Gasteiger charge is -2.24. The number of rotatable bonds is 7. The van der Waals surface area contributed by atoms with Crippen LogP contribution in [0, 0.1) is 0 Å². The standard InChI is InChI=1S/C18H27FN6O5/c1-4-5-6-7-29-17(28)24(3)13-11-14(23-16(20)22-13)25(9-21-11)15-18(2,19)12(27)10(8-26)30-15/h9-10,12,15,26-27H,4-8H2,1-3H3,(H2,20,22,23)/t10-,12-,15-,18-/m1/s1. The van der Waals surface area contributed by atoms with Crippen LogP contribution in [0.25, 0.3) is 11.2 Å². The molecule has 0 aliphatic carbocycles. The highest BCUT2D eigenvalue weighted by Crippen LogP contribution is 2.42. The number of unbranched alkanes of at least 4 members (excludes halogenated alkanes) is 2. The number of halogens is 1. The number of aromatic nitrogens is 4. The highest BCUT2D eigenvalue weighted by atomic mass is 19.1. The number of aliphatic hydroxyl groups is 2. The Morgan fingerprint density at radius 2 is 2.20 bits per heavy atom. The number of anilines is 2. The number of carbonyl (C=O) groups is 1. The second-order valence-electron chi connectivity index (χ2n) is 7.42. The van der Waals surface area contributed by atoms with Crippen LogP contribution in [0.2, 0.25) is 0 Å². The molecule has 3 heterocycles. The molecule has 1 fully saturated rings. The Balaban J connectivity index is 1.93. The molecule has 0 unspecified atom stereocenters. The summed E-state index contributed by atoms with van der Waals surface area (Å²) in [4.78, 5) is 25.9. The van der Waals surface area contributed by atoms with Gasteiger partial charge in [0.2, 0.25) is 5.95 Å². The maximum Gasteiger partial charge on any atom is 0.415 e. The maximum absolute atomic E-state index is 15.2. The molecule has 2 aromatic heterocycles. The first-order valence-corrected chi connectivity index (χ1v) is 9.76. The van der Waals surface area contributed by atoms with Crippen LogP contribution >= 0.6 is 0 Å². The fourth-order valence-corrected chi connectivity index (χ4v) is 3.38. The summed E-state index contributed by atoms with van der Waals surface area (Å²) in [5.74, 6) is -0.0720. The Labute approximate surface area is 172 Å². The third-order valence-corrected chi connectivity index (χ3v) is 5.13. The lowest BCUT2D eigenvalue weighted by Crippen LogP contribution is -2.40. The minimum absolute atomic E-state index is 0.0922. The van der Waals surface area contributed by atoms with Crippen LogP contribution in [0.5, 0.6) is 0 Å². The zero-order valence-electron chi connectivity index (χ0n) is 17.2. The van der Waals surface area contributed by atoms with Gasteiger partial charge in [-0.05, 0) is 13.3 Å². The van der Waals surface area contributed by atoms with Crippen molar-refractivity contribution in [1.82, 2.24) is 19.5 Å². The van der Waals surface area contributed by atoms with E-state index < -0.39 is 36.8 Å². The van der Waals surface area contributed by atoms with Crippen molar-refractivity contribution < 1.29 is 28.9 Å². The molecule has 0 saturated carbocycles. The molecule has 3 rings (SSSR count). The Morgan fingerprint density at radius 3 is 2.83 bits per heavy atom. The minimum atomic E-state index is -2.23. The fraction of sp³-hybridized carbons (Fsp3) is 0.667. The molecule has 1 saturated heterocycles. The Morgan fingerprint density at radius 1 is 1.47 bits per heavy atom. The van der Waals surface area contributed by atoms with Crippen molar-refractivity contribution in [3.8, 4) is 0 Å². The van der Waals surface area contributed by atoms with Crippen LogP contribution in [0.3, 0.4) is 0 Å². The van der Waals surface area contributed by atoms with E-state index in [1.165, 1.54) is 17.9 Å². The summed E-state index contributed by atoms with van der Waals surface area (Å²) in [7, 11) is 1.46. The second kappa shape index (κ2) is 8.66. The Kier molecular flexibility index (Phi) is 6.38. The molecule has 166 valence electrons. The molecule has 11 nitrogen and oxygen atoms in total. The van der Waals surface area contributed by atoms with Gasteiger partial charge in [-0.1, -0.05) is 19.8 Å². The van der Waals surface area contributed by atoms with Crippen LogP contribution < -0.4 is 10.6 Å². The van der Waals surface area contributed by atoms with E-state index in [1.807, 2.05) is 6.92 Å². The summed E-state index contributed by atoms with van der Waals surface area (Å²) < 4.78 is 27.2. The number of nitrogens with two attached hydrogens (primary N) is 1. The van der Waals surface area contributed by atoms with E-state index in [4.69, 9.17) is 15.2 Å². The van der Waals surface area contributed by atoms with Gasteiger partial charge in [0.1, 0.15) is 12.2 Å². The van der Waals surface area contributed by atoms with Gasteiger partial charge in [0.15, 0.2) is 28.9 Å². The summed E-state index contributed by atoms with van der Waals surface area (Å²) in [5.41, 5.74) is 3.87. The fourth-order valence-electron chi connectivity index (χ4n) is 3.38. The van der Waals surface area contributed by atoms with Gasteiger partial charge >= 0.3 is 6.09 Å². The first kappa shape index (κ1) is 22.1. The molecule has 1 aliphatic rings. The predicted molar refractivity (Wildman–Crippen MR) is 106 cm³/mol. The molecule has 1 aliphatic heterocycles. The number of fused-ring (bicyclic) bond motifs is 1. The lowest BCUT2D eigenvalue weighted by molar-refractivity contribution is -0.0566. The average molecular weight is 426 g/mol. The van der Waals surface area contributed by atoms with Crippen LogP contribution in [0.15, 0.2) is 6.33 Å². The monoisotopic (exact) mass is 426 g/mol. The Bertz CT molecular complexity index is 907. The molecular weight excluding hydrogens is 399 g/mol. The number of ether oxygens (including phenoxy) is 2. The third-order valence-electron chi connectivity index (χ3n) is 5.13. The SMILES string of the molecule is CCCCCOC(=O)N(C)c1nc(N)nc2c1ncn2[C@@H]1O[C@H](CO)[C@@H](O)[C@@]1(C)F. The van der Waals surface area contributed by atoms with Gasteiger partial charge in [-0.2, -0.15) is 9.97 Å². The number of nitrogens with zero attached hydrogens (tertiary/aromatic N) is 5. The van der Waals surface area contributed by atoms with Gasteiger partial charge < -0.3 is 25.4 Å². The zero-order chi connectivity index (χ0) is 22.1. The van der Waals surface area contributed by atoms with Gasteiger partial charge in [-0.15, -0.1) is 0 Å². The first-order chi connectivity index (χ1) is 14.2. The molecule has 30 heavy (non-hydrogen) atoms. The largest absolute Gasteiger partial charge is 0.449 e. The van der Waals surface area contributed by atoms with E-state index in [1.54, 1.807) is 0 Å². The highest BCUT2D eigenvalue weighted by molar-refractivity contribution is 5.95. The number of hydrogen-bond acceptors (Lipinski definition) is 9. The summed E-state index contributed by atoms with van der Waals surface area (Å²) in [5, 5.41) is 19.5. The molecular formula is C18H27FN6O5. The highest BCUT2D eigenvalue weighted by Gasteiger charge is 2.55. The van der Waals surface area contributed by atoms with Crippen LogP contribution in [0.1, 0.15) is 39.3 Å². The van der Waals surface area contributed by atoms with Gasteiger partial charge in [-0.25, -0.2) is 14.2 Å². The van der Waals surface area contributed by atoms with E-state index in [0.29, 0.717) is 0 Å². The van der Waals surface area contributed by atoms with Crippen molar-refractivity contribution >= 4 is 29.0 Å². The molecule has 0 radical (unpaired) electrons. The first-order valence-electron chi connectivity index (χ1n) is 9.76. The number of amides is 1. The average Bonchev–Trinajstić information content (AvgIpc) is 3.22. The summed E-state index contributed by atoms with van der Waals surface area (Å²) in [6.45, 7) is 2.92. The number of carbonyl (C=O) groups excluding carboxylic acids is 1. The molecule has 4 atom stereocenters. The smallest absolute Gasteiger partial charge is 0.415 e. The summed E-state index contributed by atoms with van der Waals surface area (Å²) in [6, 6.07) is 0. The molecule has 0 spiro atoms. The lowest BCUT2D eigenvalue weighted by atomic mass is 9.98. The molecule has 12 heteroatoms. The van der Waals surface area contributed by atoms with E-state index >= 15 is 4.39 Å². The number of alkyl halides is 1. The van der Waals surface area contributed by atoms with E-state index in [9.17, 15) is 15.0 Å². The summed E-state index contributed by atoms with van der Waals surface area (Å²) >= 11 is 0. The second-order valence-corrected chi connectivity index (χ2v) is 7.42. The summed E-state index contributed by atoms with van der Waals surface area (Å²) in [6.07, 6.45) is -0.670. The van der Waals surface area contributed by atoms with Gasteiger partial charge in [0, 0.05) is 7.05 Å². The molecule has 0 bridgehead atoms. The van der Waals surface area contributed by atoms with E-state index in [2.05, 4.69) is 15.0 Å². The molecule has 0 aromatic carbocycles. The number of hydrogen-bond donors (Lipinski definition) is 3. The van der Waals surface area contributed by atoms with E-state index in [0.717, 1.165) is 31.1 Å². The number of aliphatic hydroxyl groups excluding tert-OH is 2. The molecule has 2 aromatic rings. The van der Waals surface area contributed by atoms with Crippen molar-refractivity contribution in [1.29, 1.82) is 0 Å². The van der Waals surface area contributed by atoms with Crippen molar-refractivity contribution in [2.24, 2.45) is 0 Å². The van der Waals surface area contributed by atoms with E-state index in [-0.39, 0.29) is 29.5 Å². The van der Waals surface area contributed by atoms with Crippen LogP contribution in [0.4, 0.5) is 21.0 Å². The molecule has 1 amide bonds. The zero-order valence-corrected chi connectivity index (χ0v) is 17.2. The maximum atomic E-state index is 15.2. The Hall–Kier alpha value is -2.57. The van der Waals surface area contributed by atoms with Crippen molar-refractivity contribution in [2.45, 2.75) is 57.2 Å². The van der Waals surface area contributed by atoms with Crippen LogP contribution in [-0.4, -0.2) is 74.0 Å². The quantitative estimate of drug-likeness (QED) is 0.554. The topological polar surface area (TPSA) is 149 Å².